The molecule has 0 amide bonds. The monoisotopic (exact) mass is 206 g/mol. The van der Waals surface area contributed by atoms with E-state index in [1.165, 1.54) is 0 Å². The Morgan fingerprint density at radius 1 is 1.31 bits per heavy atom. The zero-order valence-electron chi connectivity index (χ0n) is 8.54. The zero-order valence-corrected chi connectivity index (χ0v) is 9.54. The number of rotatable bonds is 8. The molecule has 4 nitrogen and oxygen atoms in total. The van der Waals surface area contributed by atoms with Crippen molar-refractivity contribution in [1.29, 1.82) is 0 Å². The summed E-state index contributed by atoms with van der Waals surface area (Å²) in [5.74, 6) is 0. The first-order valence-electron chi connectivity index (χ1n) is 4.17. The standard InChI is InChI=1S/C8H18O4Si/c1-5-7-11-8-12-13(6-2,9-3)10-4/h5H,1,6-8H2,2-4H3. The van der Waals surface area contributed by atoms with Crippen molar-refractivity contribution in [3.63, 3.8) is 0 Å². The zero-order chi connectivity index (χ0) is 10.2. The van der Waals surface area contributed by atoms with Gasteiger partial charge in [-0.3, -0.25) is 0 Å². The molecule has 0 radical (unpaired) electrons. The lowest BCUT2D eigenvalue weighted by Gasteiger charge is -2.24. The van der Waals surface area contributed by atoms with Crippen molar-refractivity contribution in [2.75, 3.05) is 27.6 Å². The van der Waals surface area contributed by atoms with Gasteiger partial charge in [0.2, 0.25) is 0 Å². The molecule has 0 saturated carbocycles. The van der Waals surface area contributed by atoms with Crippen LogP contribution in [0.3, 0.4) is 0 Å². The van der Waals surface area contributed by atoms with Gasteiger partial charge in [-0.2, -0.15) is 0 Å². The lowest BCUT2D eigenvalue weighted by atomic mass is 10.7. The second kappa shape index (κ2) is 7.22. The summed E-state index contributed by atoms with van der Waals surface area (Å²) < 4.78 is 20.9. The normalized spacial score (nSPS) is 11.6. The number of hydrogen-bond donors (Lipinski definition) is 0. The van der Waals surface area contributed by atoms with Gasteiger partial charge in [-0.1, -0.05) is 13.0 Å². The Morgan fingerprint density at radius 3 is 2.31 bits per heavy atom. The Labute approximate surface area is 80.8 Å². The summed E-state index contributed by atoms with van der Waals surface area (Å²) in [7, 11) is 0.753. The fourth-order valence-corrected chi connectivity index (χ4v) is 2.30. The van der Waals surface area contributed by atoms with Crippen LogP contribution in [-0.4, -0.2) is 36.4 Å². The van der Waals surface area contributed by atoms with E-state index in [0.29, 0.717) is 6.61 Å². The van der Waals surface area contributed by atoms with Gasteiger partial charge in [-0.05, 0) is 0 Å². The van der Waals surface area contributed by atoms with Gasteiger partial charge in [0.25, 0.3) is 0 Å². The van der Waals surface area contributed by atoms with E-state index >= 15 is 0 Å². The lowest BCUT2D eigenvalue weighted by Crippen LogP contribution is -2.43. The van der Waals surface area contributed by atoms with E-state index in [1.807, 2.05) is 6.92 Å². The van der Waals surface area contributed by atoms with Crippen LogP contribution in [-0.2, 0) is 18.0 Å². The van der Waals surface area contributed by atoms with Crippen LogP contribution in [0.4, 0.5) is 0 Å². The minimum Gasteiger partial charge on any atom is -0.377 e. The summed E-state index contributed by atoms with van der Waals surface area (Å²) in [6.45, 7) is 6.15. The maximum atomic E-state index is 5.40. The van der Waals surface area contributed by atoms with Crippen LogP contribution in [0.2, 0.25) is 6.04 Å². The first kappa shape index (κ1) is 12.8. The largest absolute Gasteiger partial charge is 0.501 e. The van der Waals surface area contributed by atoms with Crippen LogP contribution in [0.25, 0.3) is 0 Å². The van der Waals surface area contributed by atoms with E-state index in [1.54, 1.807) is 20.3 Å². The summed E-state index contributed by atoms with van der Waals surface area (Å²) >= 11 is 0. The summed E-state index contributed by atoms with van der Waals surface area (Å²) in [6, 6.07) is 0.734. The molecule has 0 bridgehead atoms. The molecule has 0 aromatic rings. The molecule has 0 atom stereocenters. The maximum absolute atomic E-state index is 5.40. The van der Waals surface area contributed by atoms with Gasteiger partial charge in [0, 0.05) is 20.3 Å². The van der Waals surface area contributed by atoms with Crippen molar-refractivity contribution in [1.82, 2.24) is 0 Å². The lowest BCUT2D eigenvalue weighted by molar-refractivity contribution is -0.0226. The van der Waals surface area contributed by atoms with Crippen LogP contribution in [0, 0.1) is 0 Å². The third-order valence-corrected chi connectivity index (χ3v) is 4.32. The topological polar surface area (TPSA) is 36.9 Å². The van der Waals surface area contributed by atoms with E-state index in [2.05, 4.69) is 6.58 Å². The van der Waals surface area contributed by atoms with Crippen LogP contribution in [0.15, 0.2) is 12.7 Å². The highest BCUT2D eigenvalue weighted by molar-refractivity contribution is 6.60. The fourth-order valence-electron chi connectivity index (χ4n) is 0.855. The molecular weight excluding hydrogens is 188 g/mol. The van der Waals surface area contributed by atoms with Gasteiger partial charge < -0.3 is 18.0 Å². The summed E-state index contributed by atoms with van der Waals surface area (Å²) in [4.78, 5) is 0. The van der Waals surface area contributed by atoms with Crippen LogP contribution in [0.5, 0.6) is 0 Å². The van der Waals surface area contributed by atoms with Crippen molar-refractivity contribution in [3.8, 4) is 0 Å². The van der Waals surface area contributed by atoms with Crippen LogP contribution >= 0.6 is 0 Å². The highest BCUT2D eigenvalue weighted by Crippen LogP contribution is 2.12. The molecule has 0 aliphatic heterocycles. The minimum atomic E-state index is -2.43. The SMILES string of the molecule is C=CCOCO[Si](CC)(OC)OC. The molecule has 0 aliphatic carbocycles. The molecule has 0 aromatic carbocycles. The Morgan fingerprint density at radius 2 is 1.92 bits per heavy atom. The summed E-state index contributed by atoms with van der Waals surface area (Å²) in [5.41, 5.74) is 0. The van der Waals surface area contributed by atoms with Gasteiger partial charge >= 0.3 is 8.80 Å². The molecule has 0 saturated heterocycles. The van der Waals surface area contributed by atoms with Gasteiger partial charge in [0.15, 0.2) is 0 Å². The van der Waals surface area contributed by atoms with Crippen LogP contribution < -0.4 is 0 Å². The summed E-state index contributed by atoms with van der Waals surface area (Å²) in [6.07, 6.45) is 1.66. The molecule has 0 aliphatic rings. The van der Waals surface area contributed by atoms with E-state index in [0.717, 1.165) is 6.04 Å². The number of hydrogen-bond acceptors (Lipinski definition) is 4. The predicted molar refractivity (Wildman–Crippen MR) is 52.4 cm³/mol. The molecule has 0 heterocycles. The molecule has 5 heteroatoms. The van der Waals surface area contributed by atoms with Gasteiger partial charge in [-0.15, -0.1) is 6.58 Å². The second-order valence-electron chi connectivity index (χ2n) is 2.37. The van der Waals surface area contributed by atoms with E-state index < -0.39 is 8.80 Å². The Kier molecular flexibility index (Phi) is 7.11. The highest BCUT2D eigenvalue weighted by Gasteiger charge is 2.36. The molecule has 78 valence electrons. The van der Waals surface area contributed by atoms with E-state index in [-0.39, 0.29) is 6.79 Å². The molecular formula is C8H18O4Si. The quantitative estimate of drug-likeness (QED) is 0.260. The first-order chi connectivity index (χ1) is 6.24. The fraction of sp³-hybridized carbons (Fsp3) is 0.750. The minimum absolute atomic E-state index is 0.188. The van der Waals surface area contributed by atoms with Crippen molar-refractivity contribution in [3.05, 3.63) is 12.7 Å². The maximum Gasteiger partial charge on any atom is 0.501 e. The molecule has 0 spiro atoms. The third-order valence-electron chi connectivity index (χ3n) is 1.65. The molecule has 0 aromatic heterocycles. The molecule has 13 heavy (non-hydrogen) atoms. The van der Waals surface area contributed by atoms with Gasteiger partial charge in [0.05, 0.1) is 6.61 Å². The molecule has 0 rings (SSSR count). The van der Waals surface area contributed by atoms with Gasteiger partial charge in [-0.25, -0.2) is 0 Å². The smallest absolute Gasteiger partial charge is 0.377 e. The molecule has 0 N–H and O–H groups in total. The van der Waals surface area contributed by atoms with E-state index in [9.17, 15) is 0 Å². The van der Waals surface area contributed by atoms with Crippen molar-refractivity contribution in [2.24, 2.45) is 0 Å². The van der Waals surface area contributed by atoms with Crippen molar-refractivity contribution < 1.29 is 18.0 Å². The Hall–Kier alpha value is -0.203. The van der Waals surface area contributed by atoms with Gasteiger partial charge in [0.1, 0.15) is 6.79 Å². The number of ether oxygens (including phenoxy) is 1. The summed E-state index contributed by atoms with van der Waals surface area (Å²) in [5, 5.41) is 0. The molecule has 0 fully saturated rings. The highest BCUT2D eigenvalue weighted by atomic mass is 28.4. The van der Waals surface area contributed by atoms with Crippen molar-refractivity contribution in [2.45, 2.75) is 13.0 Å². The Balaban J connectivity index is 3.74. The predicted octanol–water partition coefficient (Wildman–Crippen LogP) is 1.41. The third kappa shape index (κ3) is 4.54. The average Bonchev–Trinajstić information content (AvgIpc) is 2.20. The second-order valence-corrected chi connectivity index (χ2v) is 5.54. The molecule has 0 unspecified atom stereocenters. The van der Waals surface area contributed by atoms with Crippen LogP contribution in [0.1, 0.15) is 6.92 Å². The first-order valence-corrected chi connectivity index (χ1v) is 6.10. The van der Waals surface area contributed by atoms with E-state index in [4.69, 9.17) is 18.0 Å². The van der Waals surface area contributed by atoms with Crippen molar-refractivity contribution >= 4 is 8.80 Å². The Bertz CT molecular complexity index is 128. The average molecular weight is 206 g/mol.